The van der Waals surface area contributed by atoms with Crippen LogP contribution in [0.1, 0.15) is 62.5 Å². The Hall–Kier alpha value is -3.87. The minimum Gasteiger partial charge on any atom is -0.493 e. The number of hydrogen-bond acceptors (Lipinski definition) is 9. The lowest BCUT2D eigenvalue weighted by atomic mass is 9.81. The number of carboxylic acid groups (broad SMARTS) is 1. The minimum absolute atomic E-state index is 0.121. The number of fused-ring (bicyclic) bond motifs is 3. The molecule has 52 heavy (non-hydrogen) atoms. The summed E-state index contributed by atoms with van der Waals surface area (Å²) in [7, 11) is 5.02. The number of aromatic nitrogens is 1. The first-order valence-electron chi connectivity index (χ1n) is 17.2. The van der Waals surface area contributed by atoms with Crippen molar-refractivity contribution in [1.29, 1.82) is 0 Å². The van der Waals surface area contributed by atoms with Crippen LogP contribution in [0.3, 0.4) is 0 Å². The number of hydrogen-bond donors (Lipinski definition) is 2. The van der Waals surface area contributed by atoms with Gasteiger partial charge in [-0.1, -0.05) is 59.6 Å². The summed E-state index contributed by atoms with van der Waals surface area (Å²) in [5.74, 6) is -0.432. The topological polar surface area (TPSA) is 113 Å². The number of pyridine rings is 1. The van der Waals surface area contributed by atoms with E-state index in [1.54, 1.807) is 20.3 Å². The Morgan fingerprint density at radius 2 is 1.71 bits per heavy atom. The molecule has 7 rings (SSSR count). The van der Waals surface area contributed by atoms with E-state index in [1.165, 1.54) is 23.7 Å². The molecule has 3 atom stereocenters. The van der Waals surface area contributed by atoms with Gasteiger partial charge in [-0.2, -0.15) is 0 Å². The average Bonchev–Trinajstić information content (AvgIpc) is 3.55. The molecule has 2 N–H and O–H groups in total. The standard InChI is InChI=1S/C39H43Cl2N3O7S/c1-39(26-8-6-5-7-9-26,38(47)51-35-22-43-14-12-24(35)13-15-43)23-42(2)19-27-17-29(36(52-27)37(45)46)28(18-30-31(40)20-44(48)21-32(30)41)25-10-11-33(49-3)34(16-25)50-4/h5-11,16-17,20-21,24,28,35H,12-15,18-19,22-23H2,1-4H3,(H-,45,46,48)/p+1/t28-,35-,39?/m0/s1. The van der Waals surface area contributed by atoms with Crippen molar-refractivity contribution in [2.75, 3.05) is 47.4 Å². The fraction of sp³-hybridized carbons (Fsp3) is 0.410. The quantitative estimate of drug-likeness (QED) is 0.0823. The number of nitrogens with zero attached hydrogens (tertiary/aromatic N) is 3. The number of piperidine rings is 3. The number of methoxy groups -OCH3 is 2. The lowest BCUT2D eigenvalue weighted by Gasteiger charge is -2.45. The second kappa shape index (κ2) is 16.0. The van der Waals surface area contributed by atoms with Crippen LogP contribution in [0.5, 0.6) is 11.5 Å². The van der Waals surface area contributed by atoms with Gasteiger partial charge in [-0.25, -0.2) is 4.79 Å². The van der Waals surface area contributed by atoms with Gasteiger partial charge in [-0.05, 0) is 87.1 Å². The molecule has 1 unspecified atom stereocenters. The molecule has 0 amide bonds. The molecule has 2 bridgehead atoms. The van der Waals surface area contributed by atoms with Gasteiger partial charge < -0.3 is 19.3 Å². The molecule has 3 saturated heterocycles. The maximum atomic E-state index is 14.1. The van der Waals surface area contributed by atoms with Gasteiger partial charge in [0.1, 0.15) is 26.4 Å². The number of rotatable bonds is 14. The van der Waals surface area contributed by atoms with E-state index in [2.05, 4.69) is 4.90 Å². The Morgan fingerprint density at radius 1 is 1.04 bits per heavy atom. The molecule has 3 fully saturated rings. The van der Waals surface area contributed by atoms with Crippen molar-refractivity contribution in [3.05, 3.63) is 109 Å². The van der Waals surface area contributed by atoms with E-state index in [4.69, 9.17) is 37.4 Å². The number of carbonyl (C=O) groups is 2. The van der Waals surface area contributed by atoms with Gasteiger partial charge in [0.25, 0.3) is 0 Å². The number of carboxylic acids is 1. The number of thiophene rings is 1. The molecule has 0 spiro atoms. The van der Waals surface area contributed by atoms with E-state index in [1.807, 2.05) is 67.4 Å². The van der Waals surface area contributed by atoms with Gasteiger partial charge in [0.15, 0.2) is 11.5 Å². The van der Waals surface area contributed by atoms with Crippen molar-refractivity contribution < 1.29 is 38.8 Å². The maximum Gasteiger partial charge on any atom is 0.346 e. The van der Waals surface area contributed by atoms with E-state index in [9.17, 15) is 19.9 Å². The predicted octanol–water partition coefficient (Wildman–Crippen LogP) is 6.70. The summed E-state index contributed by atoms with van der Waals surface area (Å²) in [6.45, 7) is 5.55. The Morgan fingerprint density at radius 3 is 2.31 bits per heavy atom. The van der Waals surface area contributed by atoms with Gasteiger partial charge in [0, 0.05) is 40.7 Å². The largest absolute Gasteiger partial charge is 0.493 e. The lowest BCUT2D eigenvalue weighted by molar-refractivity contribution is -0.904. The fourth-order valence-electron chi connectivity index (χ4n) is 7.63. The fourth-order valence-corrected chi connectivity index (χ4v) is 9.38. The van der Waals surface area contributed by atoms with E-state index >= 15 is 0 Å². The first-order valence-corrected chi connectivity index (χ1v) is 18.8. The Balaban J connectivity index is 1.32. The van der Waals surface area contributed by atoms with Crippen LogP contribution in [0.2, 0.25) is 10.0 Å². The number of carbonyl (C=O) groups excluding carboxylic acids is 1. The molecule has 3 aliphatic rings. The molecule has 276 valence electrons. The van der Waals surface area contributed by atoms with Gasteiger partial charge >= 0.3 is 11.9 Å². The van der Waals surface area contributed by atoms with Crippen molar-refractivity contribution in [2.24, 2.45) is 5.92 Å². The summed E-state index contributed by atoms with van der Waals surface area (Å²) < 4.78 is 18.2. The molecule has 4 aromatic rings. The van der Waals surface area contributed by atoms with Crippen LogP contribution in [0.15, 0.2) is 67.0 Å². The van der Waals surface area contributed by atoms with Crippen LogP contribution < -0.4 is 14.2 Å². The van der Waals surface area contributed by atoms with Crippen LogP contribution in [-0.4, -0.2) is 85.6 Å². The first kappa shape index (κ1) is 37.9. The van der Waals surface area contributed by atoms with Crippen LogP contribution >= 0.6 is 34.5 Å². The highest BCUT2D eigenvalue weighted by molar-refractivity contribution is 7.14. The highest BCUT2D eigenvalue weighted by Gasteiger charge is 2.43. The number of esters is 1. The number of aromatic carboxylic acids is 1. The Bertz CT molecular complexity index is 1890. The Labute approximate surface area is 318 Å². The van der Waals surface area contributed by atoms with E-state index in [0.29, 0.717) is 41.6 Å². The van der Waals surface area contributed by atoms with Gasteiger partial charge in [0.2, 0.25) is 12.4 Å². The Kier molecular flexibility index (Phi) is 11.7. The smallest absolute Gasteiger partial charge is 0.346 e. The second-order valence-corrected chi connectivity index (χ2v) is 15.9. The molecule has 0 radical (unpaired) electrons. The highest BCUT2D eigenvalue weighted by Crippen LogP contribution is 2.41. The van der Waals surface area contributed by atoms with E-state index < -0.39 is 17.3 Å². The van der Waals surface area contributed by atoms with Crippen LogP contribution in [-0.2, 0) is 27.9 Å². The lowest BCUT2D eigenvalue weighted by Crippen LogP contribution is -2.54. The van der Waals surface area contributed by atoms with Crippen molar-refractivity contribution >= 4 is 46.5 Å². The number of halogens is 2. The number of ether oxygens (including phenoxy) is 3. The third-order valence-corrected chi connectivity index (χ3v) is 12.2. The molecule has 0 saturated carbocycles. The molecular weight excluding hydrogens is 725 g/mol. The van der Waals surface area contributed by atoms with Gasteiger partial charge in [-0.3, -0.25) is 19.8 Å². The van der Waals surface area contributed by atoms with Crippen molar-refractivity contribution in [3.63, 3.8) is 0 Å². The van der Waals surface area contributed by atoms with Crippen LogP contribution in [0.25, 0.3) is 0 Å². The zero-order chi connectivity index (χ0) is 37.2. The van der Waals surface area contributed by atoms with E-state index in [0.717, 1.165) is 53.2 Å². The zero-order valence-corrected chi connectivity index (χ0v) is 32.0. The monoisotopic (exact) mass is 768 g/mol. The van der Waals surface area contributed by atoms with Crippen molar-refractivity contribution in [3.8, 4) is 11.5 Å². The summed E-state index contributed by atoms with van der Waals surface area (Å²) >= 11 is 14.4. The molecule has 2 aromatic heterocycles. The van der Waals surface area contributed by atoms with E-state index in [-0.39, 0.29) is 33.4 Å². The number of benzene rings is 2. The third-order valence-electron chi connectivity index (χ3n) is 10.4. The SMILES string of the molecule is COc1ccc([C@H](Cc2c(Cl)c[n+](O)cc2Cl)c2cc(CN(C)CC(C)(C(=O)O[C@H]3CN4CCC3CC4)c3ccccc3)sc2C(=O)O)cc1OC. The van der Waals surface area contributed by atoms with Gasteiger partial charge in [0.05, 0.1) is 14.2 Å². The van der Waals surface area contributed by atoms with Crippen molar-refractivity contribution in [2.45, 2.75) is 50.2 Å². The maximum absolute atomic E-state index is 14.1. The molecular formula is C39H44Cl2N3O7S+. The van der Waals surface area contributed by atoms with Gasteiger partial charge in [-0.15, -0.1) is 11.3 Å². The molecule has 5 heterocycles. The predicted molar refractivity (Wildman–Crippen MR) is 199 cm³/mol. The second-order valence-electron chi connectivity index (χ2n) is 13.9. The summed E-state index contributed by atoms with van der Waals surface area (Å²) in [5, 5.41) is 21.0. The third kappa shape index (κ3) is 8.04. The zero-order valence-electron chi connectivity index (χ0n) is 29.7. The first-order chi connectivity index (χ1) is 24.9. The summed E-state index contributed by atoms with van der Waals surface area (Å²) in [6, 6.07) is 17.1. The van der Waals surface area contributed by atoms with Crippen LogP contribution in [0.4, 0.5) is 0 Å². The molecule has 3 aliphatic heterocycles. The molecule has 0 aliphatic carbocycles. The summed E-state index contributed by atoms with van der Waals surface area (Å²) in [6.07, 6.45) is 4.88. The molecule has 2 aromatic carbocycles. The normalized spacial score (nSPS) is 19.9. The average molecular weight is 770 g/mol. The molecule has 10 nitrogen and oxygen atoms in total. The number of likely N-dealkylation sites (N-methyl/N-ethyl adjacent to an activating group) is 1. The highest BCUT2D eigenvalue weighted by atomic mass is 35.5. The minimum atomic E-state index is -1.06. The summed E-state index contributed by atoms with van der Waals surface area (Å²) in [5.41, 5.74) is 1.78. The van der Waals surface area contributed by atoms with Crippen molar-refractivity contribution in [1.82, 2.24) is 9.80 Å². The summed E-state index contributed by atoms with van der Waals surface area (Å²) in [4.78, 5) is 32.4. The van der Waals surface area contributed by atoms with Crippen LogP contribution in [0, 0.1) is 5.92 Å². The molecule has 13 heteroatoms.